The molecular formula is C20H23ClN2O4S. The molecule has 0 unspecified atom stereocenters. The molecule has 6 nitrogen and oxygen atoms in total. The zero-order valence-electron chi connectivity index (χ0n) is 15.5. The Morgan fingerprint density at radius 1 is 1.25 bits per heavy atom. The predicted molar refractivity (Wildman–Crippen MR) is 110 cm³/mol. The number of nitrogens with one attached hydrogen (secondary N) is 2. The fraction of sp³-hybridized carbons (Fsp3) is 0.250. The van der Waals surface area contributed by atoms with Crippen molar-refractivity contribution in [1.29, 1.82) is 0 Å². The second-order valence-electron chi connectivity index (χ2n) is 5.92. The second kappa shape index (κ2) is 10.3. The van der Waals surface area contributed by atoms with Gasteiger partial charge in [-0.2, -0.15) is 4.72 Å². The van der Waals surface area contributed by atoms with E-state index in [1.165, 1.54) is 24.3 Å². The Morgan fingerprint density at radius 3 is 2.57 bits per heavy atom. The van der Waals surface area contributed by atoms with E-state index in [0.717, 1.165) is 5.56 Å². The van der Waals surface area contributed by atoms with Crippen LogP contribution in [0.25, 0.3) is 0 Å². The zero-order chi connectivity index (χ0) is 20.6. The summed E-state index contributed by atoms with van der Waals surface area (Å²) in [6, 6.07) is 12.4. The third kappa shape index (κ3) is 6.09. The van der Waals surface area contributed by atoms with Crippen molar-refractivity contribution in [3.05, 3.63) is 71.8 Å². The van der Waals surface area contributed by atoms with E-state index in [-0.39, 0.29) is 22.9 Å². The average Bonchev–Trinajstić information content (AvgIpc) is 2.68. The maximum absolute atomic E-state index is 12.8. The van der Waals surface area contributed by atoms with E-state index in [9.17, 15) is 13.2 Å². The van der Waals surface area contributed by atoms with Crippen LogP contribution in [0.4, 0.5) is 0 Å². The van der Waals surface area contributed by atoms with Crippen LogP contribution in [0.3, 0.4) is 0 Å². The minimum absolute atomic E-state index is 0.0458. The number of carbonyl (C=O) groups excluding carboxylic acids is 1. The highest BCUT2D eigenvalue weighted by molar-refractivity contribution is 7.89. The van der Waals surface area contributed by atoms with E-state index in [1.54, 1.807) is 6.92 Å². The largest absolute Gasteiger partial charge is 0.492 e. The molecule has 1 atom stereocenters. The molecule has 0 saturated heterocycles. The number of carbonyl (C=O) groups is 1. The van der Waals surface area contributed by atoms with Crippen LogP contribution in [0, 0.1) is 0 Å². The van der Waals surface area contributed by atoms with Crippen molar-refractivity contribution in [2.45, 2.75) is 24.3 Å². The smallest absolute Gasteiger partial charge is 0.241 e. The van der Waals surface area contributed by atoms with Crippen molar-refractivity contribution < 1.29 is 17.9 Å². The van der Waals surface area contributed by atoms with Crippen molar-refractivity contribution >= 4 is 27.5 Å². The number of ether oxygens (including phenoxy) is 1. The topological polar surface area (TPSA) is 84.5 Å². The van der Waals surface area contributed by atoms with Crippen molar-refractivity contribution in [3.63, 3.8) is 0 Å². The first-order valence-electron chi connectivity index (χ1n) is 8.74. The molecule has 0 aliphatic rings. The summed E-state index contributed by atoms with van der Waals surface area (Å²) in [5.74, 6) is -0.0444. The molecule has 28 heavy (non-hydrogen) atoms. The van der Waals surface area contributed by atoms with Crippen LogP contribution in [0.5, 0.6) is 5.75 Å². The van der Waals surface area contributed by atoms with Gasteiger partial charge in [0, 0.05) is 6.54 Å². The van der Waals surface area contributed by atoms with E-state index in [0.29, 0.717) is 12.4 Å². The van der Waals surface area contributed by atoms with Crippen molar-refractivity contribution in [2.24, 2.45) is 0 Å². The molecule has 0 radical (unpaired) electrons. The first kappa shape index (κ1) is 21.9. The van der Waals surface area contributed by atoms with Crippen molar-refractivity contribution in [1.82, 2.24) is 10.0 Å². The first-order chi connectivity index (χ1) is 13.4. The van der Waals surface area contributed by atoms with Crippen molar-refractivity contribution in [2.75, 3.05) is 13.2 Å². The molecule has 0 spiro atoms. The molecule has 0 saturated carbocycles. The van der Waals surface area contributed by atoms with Crippen LogP contribution in [-0.2, 0) is 21.2 Å². The minimum atomic E-state index is -3.98. The van der Waals surface area contributed by atoms with Gasteiger partial charge in [-0.05, 0) is 37.1 Å². The molecule has 0 aliphatic carbocycles. The van der Waals surface area contributed by atoms with Gasteiger partial charge in [0.05, 0.1) is 16.5 Å². The molecule has 2 rings (SSSR count). The SMILES string of the molecule is C=CCNC(=O)[C@@H](Cc1ccccc1)NS(=O)(=O)c1ccc(OCC)c(Cl)c1. The number of benzene rings is 2. The molecule has 0 aliphatic heterocycles. The summed E-state index contributed by atoms with van der Waals surface area (Å²) in [4.78, 5) is 12.4. The minimum Gasteiger partial charge on any atom is -0.492 e. The van der Waals surface area contributed by atoms with Crippen LogP contribution >= 0.6 is 11.6 Å². The average molecular weight is 423 g/mol. The number of hydrogen-bond donors (Lipinski definition) is 2. The molecule has 0 aromatic heterocycles. The van der Waals surface area contributed by atoms with E-state index in [4.69, 9.17) is 16.3 Å². The lowest BCUT2D eigenvalue weighted by Gasteiger charge is -2.19. The number of sulfonamides is 1. The summed E-state index contributed by atoms with van der Waals surface area (Å²) in [6.45, 7) is 6.00. The molecule has 0 fully saturated rings. The first-order valence-corrected chi connectivity index (χ1v) is 10.6. The van der Waals surface area contributed by atoms with Gasteiger partial charge in [0.25, 0.3) is 0 Å². The predicted octanol–water partition coefficient (Wildman–Crippen LogP) is 2.93. The molecule has 8 heteroatoms. The summed E-state index contributed by atoms with van der Waals surface area (Å²) in [7, 11) is -3.98. The molecule has 2 aromatic carbocycles. The summed E-state index contributed by atoms with van der Waals surface area (Å²) in [6.07, 6.45) is 1.73. The van der Waals surface area contributed by atoms with E-state index < -0.39 is 22.0 Å². The Bertz CT molecular complexity index is 917. The van der Waals surface area contributed by atoms with Gasteiger partial charge in [-0.15, -0.1) is 6.58 Å². The Kier molecular flexibility index (Phi) is 8.04. The lowest BCUT2D eigenvalue weighted by Crippen LogP contribution is -2.48. The van der Waals surface area contributed by atoms with Gasteiger partial charge >= 0.3 is 0 Å². The number of rotatable bonds is 10. The molecule has 150 valence electrons. The normalized spacial score (nSPS) is 12.2. The maximum Gasteiger partial charge on any atom is 0.241 e. The second-order valence-corrected chi connectivity index (χ2v) is 8.04. The highest BCUT2D eigenvalue weighted by Crippen LogP contribution is 2.27. The molecule has 1 amide bonds. The monoisotopic (exact) mass is 422 g/mol. The third-order valence-electron chi connectivity index (χ3n) is 3.83. The highest BCUT2D eigenvalue weighted by Gasteiger charge is 2.26. The van der Waals surface area contributed by atoms with Gasteiger partial charge in [0.15, 0.2) is 0 Å². The summed E-state index contributed by atoms with van der Waals surface area (Å²) in [5, 5.41) is 2.81. The van der Waals surface area contributed by atoms with Crippen LogP contribution < -0.4 is 14.8 Å². The van der Waals surface area contributed by atoms with Gasteiger partial charge in [-0.3, -0.25) is 4.79 Å². The highest BCUT2D eigenvalue weighted by atomic mass is 35.5. The van der Waals surface area contributed by atoms with Crippen LogP contribution in [0.2, 0.25) is 5.02 Å². The van der Waals surface area contributed by atoms with Crippen LogP contribution in [-0.4, -0.2) is 33.5 Å². The quantitative estimate of drug-likeness (QED) is 0.576. The van der Waals surface area contributed by atoms with E-state index in [1.807, 2.05) is 30.3 Å². The standard InChI is InChI=1S/C20H23ClN2O4S/c1-3-12-22-20(24)18(13-15-8-6-5-7-9-15)23-28(25,26)16-10-11-19(27-4-2)17(21)14-16/h3,5-11,14,18,23H,1,4,12-13H2,2H3,(H,22,24)/t18-/m1/s1. The maximum atomic E-state index is 12.8. The van der Waals surface area contributed by atoms with Gasteiger partial charge < -0.3 is 10.1 Å². The summed E-state index contributed by atoms with van der Waals surface area (Å²) < 4.78 is 33.4. The Balaban J connectivity index is 2.26. The molecule has 2 N–H and O–H groups in total. The number of amides is 1. The third-order valence-corrected chi connectivity index (χ3v) is 5.60. The van der Waals surface area contributed by atoms with Crippen molar-refractivity contribution in [3.8, 4) is 5.75 Å². The molecule has 2 aromatic rings. The zero-order valence-corrected chi connectivity index (χ0v) is 17.1. The van der Waals surface area contributed by atoms with Gasteiger partial charge in [-0.1, -0.05) is 48.0 Å². The number of hydrogen-bond acceptors (Lipinski definition) is 4. The molecule has 0 heterocycles. The Morgan fingerprint density at radius 2 is 1.96 bits per heavy atom. The fourth-order valence-corrected chi connectivity index (χ4v) is 4.03. The summed E-state index contributed by atoms with van der Waals surface area (Å²) >= 11 is 6.10. The lowest BCUT2D eigenvalue weighted by atomic mass is 10.1. The Labute approximate surface area is 170 Å². The van der Waals surface area contributed by atoms with Gasteiger partial charge in [-0.25, -0.2) is 8.42 Å². The van der Waals surface area contributed by atoms with E-state index >= 15 is 0 Å². The molecular weight excluding hydrogens is 400 g/mol. The molecule has 0 bridgehead atoms. The van der Waals surface area contributed by atoms with Crippen LogP contribution in [0.1, 0.15) is 12.5 Å². The fourth-order valence-electron chi connectivity index (χ4n) is 2.51. The summed E-state index contributed by atoms with van der Waals surface area (Å²) in [5.41, 5.74) is 0.827. The number of halogens is 1. The van der Waals surface area contributed by atoms with Crippen LogP contribution in [0.15, 0.2) is 66.1 Å². The van der Waals surface area contributed by atoms with Gasteiger partial charge in [0.2, 0.25) is 15.9 Å². The van der Waals surface area contributed by atoms with Gasteiger partial charge in [0.1, 0.15) is 11.8 Å². The lowest BCUT2D eigenvalue weighted by molar-refractivity contribution is -0.122. The van der Waals surface area contributed by atoms with E-state index in [2.05, 4.69) is 16.6 Å². The Hall–Kier alpha value is -2.35.